The molecule has 1 aromatic heterocycles. The molecule has 15 heteroatoms. The molecule has 0 aliphatic carbocycles. The standard InChI is InChI=1S/C18H23FN4.2C2HF3O2/c1-3-22(2)18-16-8-10-23(11-9-17(16)20-13-21-18)12-14-4-6-15(19)7-5-14;2*3-2(4,5)1(6)7/h4-7,13H,3,8-12H2,1-2H3;2*(H,6,7). The maximum atomic E-state index is 13.0. The van der Waals surface area contributed by atoms with E-state index in [1.165, 1.54) is 17.7 Å². The Hall–Kier alpha value is -3.49. The lowest BCUT2D eigenvalue weighted by Gasteiger charge is -2.21. The number of nitrogens with zero attached hydrogens (tertiary/aromatic N) is 4. The van der Waals surface area contributed by atoms with E-state index < -0.39 is 24.3 Å². The minimum absolute atomic E-state index is 0.181. The van der Waals surface area contributed by atoms with Crippen molar-refractivity contribution in [2.24, 2.45) is 0 Å². The molecule has 37 heavy (non-hydrogen) atoms. The molecular weight excluding hydrogens is 517 g/mol. The largest absolute Gasteiger partial charge is 0.490 e. The zero-order chi connectivity index (χ0) is 28.4. The monoisotopic (exact) mass is 542 g/mol. The van der Waals surface area contributed by atoms with Crippen molar-refractivity contribution in [1.29, 1.82) is 0 Å². The average molecular weight is 542 g/mol. The number of benzene rings is 1. The summed E-state index contributed by atoms with van der Waals surface area (Å²) in [6.07, 6.45) is -6.60. The van der Waals surface area contributed by atoms with E-state index in [0.29, 0.717) is 0 Å². The Morgan fingerprint density at radius 2 is 1.43 bits per heavy atom. The number of fused-ring (bicyclic) bond motifs is 1. The summed E-state index contributed by atoms with van der Waals surface area (Å²) in [6, 6.07) is 6.79. The first-order valence-corrected chi connectivity index (χ1v) is 10.7. The van der Waals surface area contributed by atoms with E-state index in [9.17, 15) is 30.7 Å². The van der Waals surface area contributed by atoms with Gasteiger partial charge in [0.15, 0.2) is 0 Å². The number of carbonyl (C=O) groups is 2. The van der Waals surface area contributed by atoms with Gasteiger partial charge in [-0.25, -0.2) is 23.9 Å². The zero-order valence-corrected chi connectivity index (χ0v) is 19.8. The molecule has 0 fully saturated rings. The third kappa shape index (κ3) is 11.0. The number of alkyl halides is 6. The van der Waals surface area contributed by atoms with Gasteiger partial charge in [0.1, 0.15) is 18.0 Å². The van der Waals surface area contributed by atoms with Gasteiger partial charge in [0.2, 0.25) is 0 Å². The van der Waals surface area contributed by atoms with E-state index in [0.717, 1.165) is 56.1 Å². The van der Waals surface area contributed by atoms with Gasteiger partial charge >= 0.3 is 24.3 Å². The summed E-state index contributed by atoms with van der Waals surface area (Å²) >= 11 is 0. The van der Waals surface area contributed by atoms with Crippen LogP contribution in [0.1, 0.15) is 23.7 Å². The van der Waals surface area contributed by atoms with Gasteiger partial charge < -0.3 is 15.1 Å². The second-order valence-corrected chi connectivity index (χ2v) is 7.65. The molecule has 3 rings (SSSR count). The van der Waals surface area contributed by atoms with Gasteiger partial charge in [-0.15, -0.1) is 0 Å². The first-order valence-electron chi connectivity index (χ1n) is 10.7. The van der Waals surface area contributed by atoms with Crippen molar-refractivity contribution in [2.75, 3.05) is 31.6 Å². The van der Waals surface area contributed by atoms with Gasteiger partial charge in [0.05, 0.1) is 5.69 Å². The Morgan fingerprint density at radius 3 is 1.89 bits per heavy atom. The van der Waals surface area contributed by atoms with Crippen molar-refractivity contribution >= 4 is 17.8 Å². The van der Waals surface area contributed by atoms with Crippen LogP contribution in [0.4, 0.5) is 36.6 Å². The molecule has 1 aliphatic rings. The highest BCUT2D eigenvalue weighted by molar-refractivity contribution is 5.73. The lowest BCUT2D eigenvalue weighted by Crippen LogP contribution is -2.26. The third-order valence-electron chi connectivity index (χ3n) is 5.00. The van der Waals surface area contributed by atoms with Crippen LogP contribution in [0.25, 0.3) is 0 Å². The minimum Gasteiger partial charge on any atom is -0.475 e. The molecule has 206 valence electrons. The quantitative estimate of drug-likeness (QED) is 0.560. The highest BCUT2D eigenvalue weighted by Gasteiger charge is 2.38. The number of hydrogen-bond acceptors (Lipinski definition) is 6. The Morgan fingerprint density at radius 1 is 0.946 bits per heavy atom. The molecule has 2 N–H and O–H groups in total. The third-order valence-corrected chi connectivity index (χ3v) is 5.00. The summed E-state index contributed by atoms with van der Waals surface area (Å²) in [7, 11) is 2.07. The van der Waals surface area contributed by atoms with Crippen LogP contribution in [0, 0.1) is 5.82 Å². The fourth-order valence-electron chi connectivity index (χ4n) is 3.04. The van der Waals surface area contributed by atoms with Crippen molar-refractivity contribution < 1.29 is 50.5 Å². The van der Waals surface area contributed by atoms with Crippen molar-refractivity contribution in [2.45, 2.75) is 38.7 Å². The van der Waals surface area contributed by atoms with Gasteiger partial charge in [-0.05, 0) is 31.0 Å². The molecule has 8 nitrogen and oxygen atoms in total. The van der Waals surface area contributed by atoms with E-state index >= 15 is 0 Å². The fraction of sp³-hybridized carbons (Fsp3) is 0.455. The second-order valence-electron chi connectivity index (χ2n) is 7.65. The molecule has 0 radical (unpaired) electrons. The number of carboxylic acid groups (broad SMARTS) is 2. The van der Waals surface area contributed by atoms with E-state index in [-0.39, 0.29) is 5.82 Å². The van der Waals surface area contributed by atoms with Gasteiger partial charge in [0, 0.05) is 45.2 Å². The van der Waals surface area contributed by atoms with E-state index in [1.807, 2.05) is 12.1 Å². The lowest BCUT2D eigenvalue weighted by molar-refractivity contribution is -0.193. The predicted octanol–water partition coefficient (Wildman–Crippen LogP) is 3.94. The van der Waals surface area contributed by atoms with Crippen LogP contribution < -0.4 is 4.90 Å². The van der Waals surface area contributed by atoms with Crippen LogP contribution in [0.5, 0.6) is 0 Å². The minimum atomic E-state index is -5.08. The van der Waals surface area contributed by atoms with Crippen LogP contribution in [0.2, 0.25) is 0 Å². The van der Waals surface area contributed by atoms with E-state index in [2.05, 4.69) is 33.7 Å². The Balaban J connectivity index is 0.000000404. The van der Waals surface area contributed by atoms with Gasteiger partial charge in [-0.2, -0.15) is 26.3 Å². The number of carboxylic acids is 2. The molecule has 0 saturated carbocycles. The van der Waals surface area contributed by atoms with Crippen molar-refractivity contribution in [3.63, 3.8) is 0 Å². The summed E-state index contributed by atoms with van der Waals surface area (Å²) in [6.45, 7) is 5.86. The van der Waals surface area contributed by atoms with Crippen molar-refractivity contribution in [3.8, 4) is 0 Å². The lowest BCUT2D eigenvalue weighted by atomic mass is 10.1. The van der Waals surface area contributed by atoms with E-state index in [4.69, 9.17) is 19.8 Å². The summed E-state index contributed by atoms with van der Waals surface area (Å²) in [5, 5.41) is 14.2. The zero-order valence-electron chi connectivity index (χ0n) is 19.8. The molecule has 0 spiro atoms. The van der Waals surface area contributed by atoms with E-state index in [1.54, 1.807) is 6.33 Å². The van der Waals surface area contributed by atoms with Gasteiger partial charge in [-0.3, -0.25) is 4.90 Å². The summed E-state index contributed by atoms with van der Waals surface area (Å²) in [4.78, 5) is 31.3. The molecule has 0 amide bonds. The Labute approximate surface area is 207 Å². The Bertz CT molecular complexity index is 1010. The predicted molar refractivity (Wildman–Crippen MR) is 117 cm³/mol. The molecule has 0 atom stereocenters. The molecule has 0 bridgehead atoms. The smallest absolute Gasteiger partial charge is 0.475 e. The molecule has 2 heterocycles. The first kappa shape index (κ1) is 31.5. The molecule has 1 aromatic carbocycles. The number of aromatic nitrogens is 2. The summed E-state index contributed by atoms with van der Waals surface area (Å²) < 4.78 is 76.5. The average Bonchev–Trinajstić information content (AvgIpc) is 3.02. The molecule has 2 aromatic rings. The van der Waals surface area contributed by atoms with Crippen molar-refractivity contribution in [1.82, 2.24) is 14.9 Å². The highest BCUT2D eigenvalue weighted by Crippen LogP contribution is 2.23. The normalized spacial score (nSPS) is 13.6. The number of hydrogen-bond donors (Lipinski definition) is 2. The van der Waals surface area contributed by atoms with Crippen LogP contribution in [-0.2, 0) is 29.0 Å². The van der Waals surface area contributed by atoms with Gasteiger partial charge in [0.25, 0.3) is 0 Å². The van der Waals surface area contributed by atoms with Crippen LogP contribution >= 0.6 is 0 Å². The number of aliphatic carboxylic acids is 2. The highest BCUT2D eigenvalue weighted by atomic mass is 19.4. The SMILES string of the molecule is CCN(C)c1ncnc2c1CCN(Cc1ccc(F)cc1)CC2.O=C(O)C(F)(F)F.O=C(O)C(F)(F)F. The maximum absolute atomic E-state index is 13.0. The maximum Gasteiger partial charge on any atom is 0.490 e. The Kier molecular flexibility index (Phi) is 11.7. The number of rotatable bonds is 4. The van der Waals surface area contributed by atoms with Crippen molar-refractivity contribution in [3.05, 3.63) is 53.2 Å². The number of halogens is 7. The van der Waals surface area contributed by atoms with Crippen LogP contribution in [0.15, 0.2) is 30.6 Å². The molecule has 0 unspecified atom stereocenters. The molecular formula is C22H25F7N4O4. The van der Waals surface area contributed by atoms with Crippen LogP contribution in [-0.4, -0.2) is 76.1 Å². The fourth-order valence-corrected chi connectivity index (χ4v) is 3.04. The summed E-state index contributed by atoms with van der Waals surface area (Å²) in [5.41, 5.74) is 3.59. The first-order chi connectivity index (χ1) is 17.1. The molecule has 0 saturated heterocycles. The number of anilines is 1. The molecule has 1 aliphatic heterocycles. The van der Waals surface area contributed by atoms with Gasteiger partial charge in [-0.1, -0.05) is 12.1 Å². The van der Waals surface area contributed by atoms with Crippen LogP contribution in [0.3, 0.4) is 0 Å². The topological polar surface area (TPSA) is 107 Å². The second kappa shape index (κ2) is 13.7. The summed E-state index contributed by atoms with van der Waals surface area (Å²) in [5.74, 6) is -4.64.